The summed E-state index contributed by atoms with van der Waals surface area (Å²) < 4.78 is 22.6. The maximum absolute atomic E-state index is 11.6. The number of ketones is 1. The number of rotatable bonds is 2. The van der Waals surface area contributed by atoms with Crippen LogP contribution in [0.5, 0.6) is 0 Å². The Morgan fingerprint density at radius 3 is 1.88 bits per heavy atom. The number of hydrogen-bond donors (Lipinski definition) is 0. The van der Waals surface area contributed by atoms with E-state index in [9.17, 15) is 13.6 Å². The highest BCUT2D eigenvalue weighted by atomic mass is 32.2. The first kappa shape index (κ1) is 13.8. The molecule has 7 atom stereocenters. The molecule has 3 nitrogen and oxygen atoms in total. The van der Waals surface area contributed by atoms with E-state index in [4.69, 9.17) is 0 Å². The quantitative estimate of drug-likeness (QED) is 0.699. The van der Waals surface area contributed by atoms with Crippen LogP contribution in [0.4, 0.5) is 0 Å². The highest BCUT2D eigenvalue weighted by Crippen LogP contribution is 2.44. The van der Waals surface area contributed by atoms with E-state index in [1.165, 1.54) is 0 Å². The molecule has 1 rings (SSSR count). The Morgan fingerprint density at radius 2 is 1.50 bits per heavy atom. The van der Waals surface area contributed by atoms with Crippen LogP contribution in [-0.2, 0) is 15.9 Å². The van der Waals surface area contributed by atoms with Crippen molar-refractivity contribution in [3.63, 3.8) is 0 Å². The zero-order valence-electron chi connectivity index (χ0n) is 10.6. The monoisotopic (exact) mass is 245 g/mol. The van der Waals surface area contributed by atoms with Crippen LogP contribution in [0.1, 0.15) is 34.6 Å². The number of Topliss-reactive ketones (excluding diaryl/α,β-unsaturated/α-hetero) is 1. The minimum atomic E-state index is -2.09. The summed E-state index contributed by atoms with van der Waals surface area (Å²) in [5.41, 5.74) is 0. The Kier molecular flexibility index (Phi) is 4.29. The van der Waals surface area contributed by atoms with Gasteiger partial charge in [-0.1, -0.05) is 38.8 Å². The van der Waals surface area contributed by atoms with Crippen LogP contribution < -0.4 is 0 Å². The van der Waals surface area contributed by atoms with Gasteiger partial charge in [-0.05, 0) is 30.6 Å². The first-order chi connectivity index (χ1) is 7.29. The summed E-state index contributed by atoms with van der Waals surface area (Å²) in [6.45, 7) is 9.57. The predicted molar refractivity (Wildman–Crippen MR) is 63.5 cm³/mol. The lowest BCUT2D eigenvalue weighted by Gasteiger charge is -2.47. The fourth-order valence-corrected chi connectivity index (χ4v) is 4.48. The molecule has 0 bridgehead atoms. The molecule has 0 spiro atoms. The SMILES string of the molecule is CC(=O)C1C(C)C(C)C(C)C(S(=O)[O-])C1C. The van der Waals surface area contributed by atoms with Gasteiger partial charge in [0.05, 0.1) is 0 Å². The zero-order chi connectivity index (χ0) is 12.6. The van der Waals surface area contributed by atoms with E-state index >= 15 is 0 Å². The van der Waals surface area contributed by atoms with E-state index in [1.807, 2.05) is 13.8 Å². The van der Waals surface area contributed by atoms with E-state index in [-0.39, 0.29) is 40.6 Å². The van der Waals surface area contributed by atoms with E-state index in [0.29, 0.717) is 0 Å². The average molecular weight is 245 g/mol. The Labute approximate surface area is 100 Å². The van der Waals surface area contributed by atoms with Gasteiger partial charge in [0.15, 0.2) is 0 Å². The van der Waals surface area contributed by atoms with Crippen LogP contribution in [0.3, 0.4) is 0 Å². The topological polar surface area (TPSA) is 57.2 Å². The third-order valence-corrected chi connectivity index (χ3v) is 5.82. The molecule has 1 fully saturated rings. The molecule has 0 radical (unpaired) electrons. The molecule has 0 amide bonds. The van der Waals surface area contributed by atoms with Crippen molar-refractivity contribution in [2.75, 3.05) is 0 Å². The predicted octanol–water partition coefficient (Wildman–Crippen LogP) is 2.00. The van der Waals surface area contributed by atoms with Crippen LogP contribution >= 0.6 is 0 Å². The first-order valence-corrected chi connectivity index (χ1v) is 7.01. The summed E-state index contributed by atoms with van der Waals surface area (Å²) in [4.78, 5) is 11.6. The molecule has 0 saturated heterocycles. The van der Waals surface area contributed by atoms with Gasteiger partial charge in [0, 0.05) is 11.2 Å². The van der Waals surface area contributed by atoms with E-state index in [0.717, 1.165) is 0 Å². The lowest BCUT2D eigenvalue weighted by molar-refractivity contribution is -0.126. The largest absolute Gasteiger partial charge is 0.772 e. The maximum Gasteiger partial charge on any atom is 0.133 e. The minimum absolute atomic E-state index is 0.0722. The molecule has 0 aromatic carbocycles. The smallest absolute Gasteiger partial charge is 0.133 e. The first-order valence-electron chi connectivity index (χ1n) is 5.87. The summed E-state index contributed by atoms with van der Waals surface area (Å²) >= 11 is -2.09. The maximum atomic E-state index is 11.6. The number of carbonyl (C=O) groups excluding carboxylic acids is 1. The fraction of sp³-hybridized carbons (Fsp3) is 0.917. The molecule has 0 aromatic rings. The minimum Gasteiger partial charge on any atom is -0.772 e. The molecule has 1 aliphatic rings. The van der Waals surface area contributed by atoms with Crippen molar-refractivity contribution >= 4 is 16.9 Å². The molecular formula is C12H21O3S-. The molecule has 4 heteroatoms. The molecule has 0 heterocycles. The van der Waals surface area contributed by atoms with Gasteiger partial charge in [-0.2, -0.15) is 0 Å². The van der Waals surface area contributed by atoms with Crippen LogP contribution in [0.25, 0.3) is 0 Å². The van der Waals surface area contributed by atoms with E-state index in [1.54, 1.807) is 6.92 Å². The molecule has 1 saturated carbocycles. The molecular weight excluding hydrogens is 224 g/mol. The summed E-state index contributed by atoms with van der Waals surface area (Å²) in [5.74, 6) is 0.592. The Bertz CT molecular complexity index is 275. The van der Waals surface area contributed by atoms with Crippen molar-refractivity contribution in [2.24, 2.45) is 29.6 Å². The summed E-state index contributed by atoms with van der Waals surface area (Å²) in [6, 6.07) is 0. The average Bonchev–Trinajstić information content (AvgIpc) is 2.13. The Balaban J connectivity index is 3.07. The summed E-state index contributed by atoms with van der Waals surface area (Å²) in [5, 5.41) is -0.389. The van der Waals surface area contributed by atoms with Crippen molar-refractivity contribution in [3.05, 3.63) is 0 Å². The van der Waals surface area contributed by atoms with Gasteiger partial charge in [-0.15, -0.1) is 0 Å². The highest BCUT2D eigenvalue weighted by Gasteiger charge is 2.45. The summed E-state index contributed by atoms with van der Waals surface area (Å²) in [6.07, 6.45) is 0. The lowest BCUT2D eigenvalue weighted by atomic mass is 9.62. The molecule has 94 valence electrons. The third-order valence-electron chi connectivity index (χ3n) is 4.52. The van der Waals surface area contributed by atoms with Crippen molar-refractivity contribution in [2.45, 2.75) is 39.9 Å². The standard InChI is InChI=1S/C12H22O3S/c1-6-7(2)11(10(5)13)9(4)12(8(6)3)16(14)15/h6-9,11-12H,1-5H3,(H,14,15)/p-1. The lowest BCUT2D eigenvalue weighted by Crippen LogP contribution is -2.49. The van der Waals surface area contributed by atoms with Crippen LogP contribution in [0, 0.1) is 29.6 Å². The highest BCUT2D eigenvalue weighted by molar-refractivity contribution is 7.79. The van der Waals surface area contributed by atoms with Gasteiger partial charge in [-0.3, -0.25) is 9.00 Å². The van der Waals surface area contributed by atoms with Gasteiger partial charge in [-0.25, -0.2) is 0 Å². The van der Waals surface area contributed by atoms with Gasteiger partial charge in [0.2, 0.25) is 0 Å². The van der Waals surface area contributed by atoms with Gasteiger partial charge < -0.3 is 4.55 Å². The second-order valence-corrected chi connectivity index (χ2v) is 6.36. The fourth-order valence-electron chi connectivity index (χ4n) is 3.36. The number of carbonyl (C=O) groups is 1. The molecule has 0 aromatic heterocycles. The second-order valence-electron chi connectivity index (χ2n) is 5.30. The van der Waals surface area contributed by atoms with Crippen LogP contribution in [0.2, 0.25) is 0 Å². The van der Waals surface area contributed by atoms with E-state index < -0.39 is 11.1 Å². The van der Waals surface area contributed by atoms with Gasteiger partial charge in [0.1, 0.15) is 5.78 Å². The van der Waals surface area contributed by atoms with E-state index in [2.05, 4.69) is 13.8 Å². The zero-order valence-corrected chi connectivity index (χ0v) is 11.4. The van der Waals surface area contributed by atoms with Crippen LogP contribution in [-0.4, -0.2) is 19.8 Å². The van der Waals surface area contributed by atoms with Crippen molar-refractivity contribution in [1.82, 2.24) is 0 Å². The molecule has 0 N–H and O–H groups in total. The van der Waals surface area contributed by atoms with Crippen molar-refractivity contribution < 1.29 is 13.6 Å². The Hall–Kier alpha value is -0.220. The second kappa shape index (κ2) is 4.96. The van der Waals surface area contributed by atoms with Crippen molar-refractivity contribution in [1.29, 1.82) is 0 Å². The molecule has 0 aliphatic heterocycles. The molecule has 16 heavy (non-hydrogen) atoms. The molecule has 1 aliphatic carbocycles. The molecule has 7 unspecified atom stereocenters. The van der Waals surface area contributed by atoms with Crippen LogP contribution in [0.15, 0.2) is 0 Å². The van der Waals surface area contributed by atoms with Crippen molar-refractivity contribution in [3.8, 4) is 0 Å². The van der Waals surface area contributed by atoms with Gasteiger partial charge in [0.25, 0.3) is 0 Å². The Morgan fingerprint density at radius 1 is 1.00 bits per heavy atom. The summed E-state index contributed by atoms with van der Waals surface area (Å²) in [7, 11) is 0. The number of hydrogen-bond acceptors (Lipinski definition) is 3. The van der Waals surface area contributed by atoms with Gasteiger partial charge >= 0.3 is 0 Å². The third kappa shape index (κ3) is 2.23. The normalized spacial score (nSPS) is 46.4.